The van der Waals surface area contributed by atoms with Crippen LogP contribution in [-0.4, -0.2) is 19.3 Å². The monoisotopic (exact) mass is 378 g/mol. The molecule has 1 heterocycles. The summed E-state index contributed by atoms with van der Waals surface area (Å²) in [5.74, 6) is -0.961. The Morgan fingerprint density at radius 1 is 1.26 bits per heavy atom. The Hall–Kier alpha value is -0.890. The largest absolute Gasteiger partial charge is 1.00 e. The molecule has 0 spiro atoms. The van der Waals surface area contributed by atoms with Crippen molar-refractivity contribution in [2.24, 2.45) is 4.40 Å². The van der Waals surface area contributed by atoms with Gasteiger partial charge in [-0.05, 0) is 29.8 Å². The van der Waals surface area contributed by atoms with E-state index in [0.29, 0.717) is 10.6 Å². The first-order chi connectivity index (χ1) is 10.4. The van der Waals surface area contributed by atoms with Gasteiger partial charge < -0.3 is 5.11 Å². The fourth-order valence-corrected chi connectivity index (χ4v) is 2.71. The van der Waals surface area contributed by atoms with E-state index in [1.807, 2.05) is 0 Å². The van der Waals surface area contributed by atoms with Gasteiger partial charge in [0.25, 0.3) is 10.0 Å². The molecular weight excluding hydrogens is 370 g/mol. The third kappa shape index (κ3) is 6.25. The molecule has 0 N–H and O–H groups in total. The van der Waals surface area contributed by atoms with E-state index in [9.17, 15) is 13.5 Å². The van der Waals surface area contributed by atoms with E-state index in [0.717, 1.165) is 5.41 Å². The van der Waals surface area contributed by atoms with E-state index in [1.54, 1.807) is 18.3 Å². The van der Waals surface area contributed by atoms with Gasteiger partial charge in [-0.1, -0.05) is 35.3 Å². The van der Waals surface area contributed by atoms with Gasteiger partial charge in [-0.3, -0.25) is 4.98 Å². The molecule has 0 aliphatic heterocycles. The van der Waals surface area contributed by atoms with Crippen LogP contribution in [0.2, 0.25) is 10.0 Å². The van der Waals surface area contributed by atoms with Crippen LogP contribution in [0.4, 0.5) is 0 Å². The Morgan fingerprint density at radius 3 is 2.61 bits per heavy atom. The van der Waals surface area contributed by atoms with Crippen molar-refractivity contribution >= 4 is 45.2 Å². The van der Waals surface area contributed by atoms with Crippen LogP contribution in [-0.2, 0) is 10.0 Å². The van der Waals surface area contributed by atoms with Gasteiger partial charge in [-0.25, -0.2) is 0 Å². The summed E-state index contributed by atoms with van der Waals surface area (Å²) in [4.78, 5) is 3.84. The van der Waals surface area contributed by atoms with Crippen LogP contribution >= 0.6 is 23.2 Å². The Labute approximate surface area is 166 Å². The topological polar surface area (TPSA) is 82.5 Å². The van der Waals surface area contributed by atoms with Crippen molar-refractivity contribution in [2.75, 3.05) is 0 Å². The number of rotatable bonds is 4. The van der Waals surface area contributed by atoms with Crippen molar-refractivity contribution in [3.63, 3.8) is 0 Å². The molecule has 0 radical (unpaired) electrons. The number of pyridine rings is 1. The van der Waals surface area contributed by atoms with Gasteiger partial charge in [0, 0.05) is 28.9 Å². The molecule has 0 unspecified atom stereocenters. The second kappa shape index (κ2) is 8.82. The molecule has 23 heavy (non-hydrogen) atoms. The van der Waals surface area contributed by atoms with Gasteiger partial charge in [0.2, 0.25) is 0 Å². The fourth-order valence-electron chi connectivity index (χ4n) is 1.50. The molecule has 0 bridgehead atoms. The van der Waals surface area contributed by atoms with E-state index in [-0.39, 0.29) is 40.1 Å². The molecule has 0 atom stereocenters. The molecule has 9 heteroatoms. The van der Waals surface area contributed by atoms with Crippen LogP contribution in [0.15, 0.2) is 52.5 Å². The maximum absolute atomic E-state index is 11.9. The van der Waals surface area contributed by atoms with Crippen molar-refractivity contribution in [1.29, 1.82) is 0 Å². The van der Waals surface area contributed by atoms with Gasteiger partial charge in [-0.15, -0.1) is 0 Å². The van der Waals surface area contributed by atoms with E-state index < -0.39 is 15.9 Å². The van der Waals surface area contributed by atoms with Crippen LogP contribution < -0.4 is 34.7 Å². The number of hydrogen-bond acceptors (Lipinski definition) is 4. The summed E-state index contributed by atoms with van der Waals surface area (Å²) >= 11 is 11.6. The molecule has 0 saturated carbocycles. The maximum Gasteiger partial charge on any atom is 1.00 e. The summed E-state index contributed by atoms with van der Waals surface area (Å²) in [6.45, 7) is 0. The van der Waals surface area contributed by atoms with Gasteiger partial charge in [-0.2, -0.15) is 12.8 Å². The normalized spacial score (nSPS) is 12.2. The number of nitrogens with zero attached hydrogens (tertiary/aromatic N) is 2. The first kappa shape index (κ1) is 20.2. The summed E-state index contributed by atoms with van der Waals surface area (Å²) in [6, 6.07) is 7.40. The van der Waals surface area contributed by atoms with Gasteiger partial charge in [0.15, 0.2) is 0 Å². The zero-order chi connectivity index (χ0) is 16.2. The third-order valence-corrected chi connectivity index (χ3v) is 3.94. The zero-order valence-corrected chi connectivity index (χ0v) is 16.3. The Morgan fingerprint density at radius 2 is 2.00 bits per heavy atom. The molecular formula is C14H9Cl2N2NaO3S. The molecule has 114 valence electrons. The summed E-state index contributed by atoms with van der Waals surface area (Å²) in [6.07, 6.45) is 4.33. The Balaban J connectivity index is 0.00000264. The second-order valence-electron chi connectivity index (χ2n) is 4.12. The summed E-state index contributed by atoms with van der Waals surface area (Å²) in [7, 11) is -4.08. The third-order valence-electron chi connectivity index (χ3n) is 2.49. The first-order valence-corrected chi connectivity index (χ1v) is 8.19. The summed E-state index contributed by atoms with van der Waals surface area (Å²) in [5, 5.41) is 13.1. The maximum atomic E-state index is 11.9. The van der Waals surface area contributed by atoms with E-state index >= 15 is 0 Å². The molecule has 0 aliphatic carbocycles. The molecule has 2 rings (SSSR count). The van der Waals surface area contributed by atoms with Gasteiger partial charge in [0.05, 0.1) is 10.4 Å². The minimum Gasteiger partial charge on any atom is -0.858 e. The van der Waals surface area contributed by atoms with E-state index in [2.05, 4.69) is 9.38 Å². The fraction of sp³-hybridized carbons (Fsp3) is 0. The van der Waals surface area contributed by atoms with Gasteiger partial charge in [0.1, 0.15) is 0 Å². The number of benzene rings is 1. The molecule has 1 aromatic heterocycles. The Kier molecular flexibility index (Phi) is 7.73. The SMILES string of the molecule is O=S(=O)(/C=C/c1cccnc1)/N=C(\[O-])c1ccc(Cl)cc1Cl.[Na+]. The van der Waals surface area contributed by atoms with Crippen molar-refractivity contribution in [1.82, 2.24) is 4.98 Å². The van der Waals surface area contributed by atoms with Crippen LogP contribution in [0.1, 0.15) is 11.1 Å². The molecule has 2 aromatic rings. The zero-order valence-electron chi connectivity index (χ0n) is 12.0. The Bertz CT molecular complexity index is 840. The van der Waals surface area contributed by atoms with Crippen molar-refractivity contribution in [2.45, 2.75) is 0 Å². The van der Waals surface area contributed by atoms with Crippen molar-refractivity contribution in [3.8, 4) is 0 Å². The molecule has 1 aromatic carbocycles. The quantitative estimate of drug-likeness (QED) is 0.408. The molecule has 0 aliphatic rings. The predicted octanol–water partition coefficient (Wildman–Crippen LogP) is -0.500. The van der Waals surface area contributed by atoms with Gasteiger partial charge >= 0.3 is 29.6 Å². The number of halogens is 2. The smallest absolute Gasteiger partial charge is 0.858 e. The molecule has 5 nitrogen and oxygen atoms in total. The van der Waals surface area contributed by atoms with Crippen LogP contribution in [0, 0.1) is 0 Å². The van der Waals surface area contributed by atoms with E-state index in [1.165, 1.54) is 30.5 Å². The second-order valence-corrected chi connectivity index (χ2v) is 6.45. The number of aromatic nitrogens is 1. The van der Waals surface area contributed by atoms with Crippen LogP contribution in [0.5, 0.6) is 0 Å². The average molecular weight is 379 g/mol. The molecule has 0 amide bonds. The van der Waals surface area contributed by atoms with Crippen molar-refractivity contribution in [3.05, 3.63) is 69.3 Å². The predicted molar refractivity (Wildman–Crippen MR) is 85.2 cm³/mol. The standard InChI is InChI=1S/C14H10Cl2N2O3S.Na/c15-11-3-4-12(13(16)8-11)14(19)18-22(20,21)7-5-10-2-1-6-17-9-10;/h1-9H,(H,18,19);/q;+1/p-1/b7-5+;. The minimum atomic E-state index is -4.08. The first-order valence-electron chi connectivity index (χ1n) is 5.93. The minimum absolute atomic E-state index is 0. The average Bonchev–Trinajstić information content (AvgIpc) is 2.45. The van der Waals surface area contributed by atoms with E-state index in [4.69, 9.17) is 23.2 Å². The summed E-state index contributed by atoms with van der Waals surface area (Å²) in [5.41, 5.74) is 0.530. The molecule has 0 fully saturated rings. The number of sulfonamides is 1. The number of hydrogen-bond donors (Lipinski definition) is 0. The van der Waals surface area contributed by atoms with Crippen LogP contribution in [0.25, 0.3) is 6.08 Å². The molecule has 0 saturated heterocycles. The van der Waals surface area contributed by atoms with Crippen molar-refractivity contribution < 1.29 is 43.1 Å². The summed E-state index contributed by atoms with van der Waals surface area (Å²) < 4.78 is 26.8. The van der Waals surface area contributed by atoms with Crippen LogP contribution in [0.3, 0.4) is 0 Å².